The van der Waals surface area contributed by atoms with E-state index in [1.54, 1.807) is 20.4 Å². The van der Waals surface area contributed by atoms with E-state index >= 15 is 0 Å². The number of nitrogens with one attached hydrogen (secondary N) is 1. The van der Waals surface area contributed by atoms with Gasteiger partial charge in [-0.15, -0.1) is 0 Å². The molecule has 1 aliphatic rings. The first-order valence-electron chi connectivity index (χ1n) is 9.31. The Balaban J connectivity index is 1.50. The highest BCUT2D eigenvalue weighted by molar-refractivity contribution is 6.04. The van der Waals surface area contributed by atoms with E-state index in [0.29, 0.717) is 30.9 Å². The molecule has 0 radical (unpaired) electrons. The second-order valence-corrected chi connectivity index (χ2v) is 6.53. The molecule has 1 aromatic carbocycles. The lowest BCUT2D eigenvalue weighted by atomic mass is 10.1. The summed E-state index contributed by atoms with van der Waals surface area (Å²) in [5.41, 5.74) is 3.77. The minimum absolute atomic E-state index is 0.167. The van der Waals surface area contributed by atoms with E-state index in [2.05, 4.69) is 15.6 Å². The van der Waals surface area contributed by atoms with Crippen LogP contribution in [0.15, 0.2) is 29.6 Å². The molecule has 8 nitrogen and oxygen atoms in total. The van der Waals surface area contributed by atoms with Gasteiger partial charge < -0.3 is 19.6 Å². The van der Waals surface area contributed by atoms with Gasteiger partial charge in [-0.05, 0) is 38.0 Å². The molecule has 0 saturated heterocycles. The molecule has 1 N–H and O–H groups in total. The first-order chi connectivity index (χ1) is 13.6. The van der Waals surface area contributed by atoms with E-state index in [1.807, 2.05) is 36.7 Å². The largest absolute Gasteiger partial charge is 0.493 e. The predicted octanol–water partition coefficient (Wildman–Crippen LogP) is 2.08. The van der Waals surface area contributed by atoms with Crippen molar-refractivity contribution in [1.29, 1.82) is 0 Å². The van der Waals surface area contributed by atoms with Crippen LogP contribution in [-0.4, -0.2) is 48.3 Å². The fourth-order valence-electron chi connectivity index (χ4n) is 3.21. The Labute approximate surface area is 164 Å². The summed E-state index contributed by atoms with van der Waals surface area (Å²) in [6, 6.07) is 5.72. The van der Waals surface area contributed by atoms with Crippen LogP contribution in [0.4, 0.5) is 0 Å². The van der Waals surface area contributed by atoms with Crippen LogP contribution in [0, 0.1) is 6.92 Å². The second-order valence-electron chi connectivity index (χ2n) is 6.53. The highest BCUT2D eigenvalue weighted by atomic mass is 16.6. The van der Waals surface area contributed by atoms with E-state index in [0.717, 1.165) is 29.1 Å². The molecular formula is C20H26N4O4. The minimum Gasteiger partial charge on any atom is -0.493 e. The van der Waals surface area contributed by atoms with Crippen molar-refractivity contribution in [2.75, 3.05) is 20.8 Å². The molecular weight excluding hydrogens is 360 g/mol. The molecule has 2 aromatic rings. The lowest BCUT2D eigenvalue weighted by molar-refractivity contribution is -0.131. The van der Waals surface area contributed by atoms with Crippen LogP contribution in [0.5, 0.6) is 11.5 Å². The summed E-state index contributed by atoms with van der Waals surface area (Å²) >= 11 is 0. The third-order valence-corrected chi connectivity index (χ3v) is 4.84. The average Bonchev–Trinajstić information content (AvgIpc) is 3.34. The van der Waals surface area contributed by atoms with Crippen molar-refractivity contribution in [1.82, 2.24) is 15.1 Å². The SMILES string of the molecule is CCn1ncc(C2=NO[C@H](C(=O)NCCc3ccc(OC)c(OC)c3)C2)c1C. The zero-order chi connectivity index (χ0) is 20.1. The van der Waals surface area contributed by atoms with Gasteiger partial charge >= 0.3 is 0 Å². The molecule has 1 aromatic heterocycles. The van der Waals surface area contributed by atoms with Gasteiger partial charge in [-0.2, -0.15) is 5.10 Å². The molecule has 28 heavy (non-hydrogen) atoms. The standard InChI is InChI=1S/C20H26N4O4/c1-5-24-13(2)15(12-22-24)16-11-19(28-23-16)20(25)21-9-8-14-6-7-17(26-3)18(10-14)27-4/h6-7,10,12,19H,5,8-9,11H2,1-4H3,(H,21,25)/t19-/m0/s1. The number of nitrogens with zero attached hydrogens (tertiary/aromatic N) is 3. The van der Waals surface area contributed by atoms with Crippen molar-refractivity contribution < 1.29 is 19.1 Å². The molecule has 1 aliphatic heterocycles. The predicted molar refractivity (Wildman–Crippen MR) is 105 cm³/mol. The topological polar surface area (TPSA) is 87.0 Å². The van der Waals surface area contributed by atoms with Crippen molar-refractivity contribution in [3.63, 3.8) is 0 Å². The Kier molecular flexibility index (Phi) is 6.18. The Morgan fingerprint density at radius 1 is 1.32 bits per heavy atom. The van der Waals surface area contributed by atoms with Crippen LogP contribution in [0.2, 0.25) is 0 Å². The molecule has 0 unspecified atom stereocenters. The van der Waals surface area contributed by atoms with Gasteiger partial charge in [0.15, 0.2) is 11.5 Å². The molecule has 1 amide bonds. The Bertz CT molecular complexity index is 875. The van der Waals surface area contributed by atoms with Crippen LogP contribution < -0.4 is 14.8 Å². The summed E-state index contributed by atoms with van der Waals surface area (Å²) in [5.74, 6) is 1.19. The molecule has 0 bridgehead atoms. The number of hydrogen-bond acceptors (Lipinski definition) is 6. The van der Waals surface area contributed by atoms with Gasteiger partial charge in [0.05, 0.1) is 26.1 Å². The zero-order valence-electron chi connectivity index (χ0n) is 16.7. The number of aryl methyl sites for hydroxylation is 1. The molecule has 150 valence electrons. The van der Waals surface area contributed by atoms with Crippen molar-refractivity contribution in [3.8, 4) is 11.5 Å². The summed E-state index contributed by atoms with van der Waals surface area (Å²) in [4.78, 5) is 17.8. The number of benzene rings is 1. The van der Waals surface area contributed by atoms with Crippen LogP contribution in [0.1, 0.15) is 30.2 Å². The summed E-state index contributed by atoms with van der Waals surface area (Å²) in [5, 5.41) is 11.3. The molecule has 0 aliphatic carbocycles. The van der Waals surface area contributed by atoms with Crippen LogP contribution >= 0.6 is 0 Å². The Hall–Kier alpha value is -3.03. The highest BCUT2D eigenvalue weighted by Crippen LogP contribution is 2.27. The lowest BCUT2D eigenvalue weighted by Crippen LogP contribution is -2.36. The average molecular weight is 386 g/mol. The fourth-order valence-corrected chi connectivity index (χ4v) is 3.21. The molecule has 1 atom stereocenters. The van der Waals surface area contributed by atoms with E-state index < -0.39 is 6.10 Å². The number of rotatable bonds is 8. The summed E-state index contributed by atoms with van der Waals surface area (Å²) in [6.07, 6.45) is 2.29. The third-order valence-electron chi connectivity index (χ3n) is 4.84. The first kappa shape index (κ1) is 19.7. The molecule has 3 rings (SSSR count). The quantitative estimate of drug-likeness (QED) is 0.751. The monoisotopic (exact) mass is 386 g/mol. The maximum absolute atomic E-state index is 12.4. The smallest absolute Gasteiger partial charge is 0.264 e. The van der Waals surface area contributed by atoms with Crippen LogP contribution in [0.25, 0.3) is 0 Å². The second kappa shape index (κ2) is 8.77. The Morgan fingerprint density at radius 2 is 2.11 bits per heavy atom. The minimum atomic E-state index is -0.607. The van der Waals surface area contributed by atoms with Gasteiger partial charge in [0.1, 0.15) is 0 Å². The van der Waals surface area contributed by atoms with Gasteiger partial charge in [-0.25, -0.2) is 0 Å². The maximum atomic E-state index is 12.4. The normalized spacial score (nSPS) is 15.7. The number of hydrogen-bond donors (Lipinski definition) is 1. The maximum Gasteiger partial charge on any atom is 0.264 e. The van der Waals surface area contributed by atoms with E-state index in [-0.39, 0.29) is 5.91 Å². The lowest BCUT2D eigenvalue weighted by Gasteiger charge is -2.11. The third kappa shape index (κ3) is 4.11. The van der Waals surface area contributed by atoms with Crippen molar-refractivity contribution >= 4 is 11.6 Å². The van der Waals surface area contributed by atoms with Gasteiger partial charge in [-0.3, -0.25) is 9.48 Å². The van der Waals surface area contributed by atoms with Gasteiger partial charge in [-0.1, -0.05) is 11.2 Å². The summed E-state index contributed by atoms with van der Waals surface area (Å²) < 4.78 is 12.4. The fraction of sp³-hybridized carbons (Fsp3) is 0.450. The Morgan fingerprint density at radius 3 is 2.79 bits per heavy atom. The van der Waals surface area contributed by atoms with E-state index in [9.17, 15) is 4.79 Å². The van der Waals surface area contributed by atoms with Gasteiger partial charge in [0.25, 0.3) is 5.91 Å². The molecule has 0 saturated carbocycles. The number of methoxy groups -OCH3 is 2. The van der Waals surface area contributed by atoms with Crippen LogP contribution in [-0.2, 0) is 22.6 Å². The molecule has 2 heterocycles. The molecule has 0 spiro atoms. The van der Waals surface area contributed by atoms with Gasteiger partial charge in [0.2, 0.25) is 6.10 Å². The zero-order valence-corrected chi connectivity index (χ0v) is 16.7. The number of carbonyl (C=O) groups excluding carboxylic acids is 1. The van der Waals surface area contributed by atoms with Gasteiger partial charge in [0, 0.05) is 30.8 Å². The number of amides is 1. The van der Waals surface area contributed by atoms with Crippen LogP contribution in [0.3, 0.4) is 0 Å². The van der Waals surface area contributed by atoms with E-state index in [4.69, 9.17) is 14.3 Å². The highest BCUT2D eigenvalue weighted by Gasteiger charge is 2.30. The van der Waals surface area contributed by atoms with Crippen molar-refractivity contribution in [3.05, 3.63) is 41.2 Å². The number of carbonyl (C=O) groups is 1. The van der Waals surface area contributed by atoms with E-state index in [1.165, 1.54) is 0 Å². The number of aromatic nitrogens is 2. The number of oxime groups is 1. The molecule has 0 fully saturated rings. The molecule has 8 heteroatoms. The first-order valence-corrected chi connectivity index (χ1v) is 9.31. The number of ether oxygens (including phenoxy) is 2. The summed E-state index contributed by atoms with van der Waals surface area (Å²) in [6.45, 7) is 5.31. The summed E-state index contributed by atoms with van der Waals surface area (Å²) in [7, 11) is 3.20. The van der Waals surface area contributed by atoms with Crippen molar-refractivity contribution in [2.24, 2.45) is 5.16 Å². The van der Waals surface area contributed by atoms with Crippen molar-refractivity contribution in [2.45, 2.75) is 39.3 Å².